The molecule has 0 fully saturated rings. The summed E-state index contributed by atoms with van der Waals surface area (Å²) in [5.74, 6) is 0.421. The summed E-state index contributed by atoms with van der Waals surface area (Å²) in [6.45, 7) is 26.7. The zero-order valence-corrected chi connectivity index (χ0v) is 63.5. The van der Waals surface area contributed by atoms with Crippen LogP contribution in [-0.2, 0) is 0 Å². The van der Waals surface area contributed by atoms with Crippen molar-refractivity contribution in [3.63, 3.8) is 0 Å². The first-order chi connectivity index (χ1) is 47.8. The molecule has 18 aromatic rings. The van der Waals surface area contributed by atoms with E-state index in [1.165, 1.54) is 109 Å². The van der Waals surface area contributed by atoms with E-state index in [2.05, 4.69) is 194 Å². The Bertz CT molecular complexity index is 5050. The Balaban J connectivity index is 0.000000122. The van der Waals surface area contributed by atoms with Crippen molar-refractivity contribution in [1.29, 1.82) is 0 Å². The third-order valence-electron chi connectivity index (χ3n) is 15.7. The van der Waals surface area contributed by atoms with Gasteiger partial charge in [-0.1, -0.05) is 107 Å². The molecule has 11 heterocycles. The van der Waals surface area contributed by atoms with Crippen molar-refractivity contribution in [3.05, 3.63) is 310 Å². The number of hydrogen-bond acceptors (Lipinski definition) is 8. The average molecular weight is 1460 g/mol. The van der Waals surface area contributed by atoms with E-state index >= 15 is 0 Å². The molecule has 0 aliphatic rings. The first-order valence-electron chi connectivity index (χ1n) is 32.3. The first kappa shape index (κ1) is 73.7. The molecule has 508 valence electrons. The fourth-order valence-corrected chi connectivity index (χ4v) is 15.2. The van der Waals surface area contributed by atoms with Gasteiger partial charge in [-0.25, -0.2) is 14.4 Å². The van der Waals surface area contributed by atoms with Crippen molar-refractivity contribution < 1.29 is 13.2 Å². The number of hydrogen-bond donors (Lipinski definition) is 3. The highest BCUT2D eigenvalue weighted by atomic mass is 35.5. The standard InChI is InChI=1S/C11H11N.C10H10O.C10H10S.3C9H8ClN.C9H7FS.C9H9NS.C8H6FNS/c1-8-3-6-11-10(7-8)5-4-9(2)12-11;2*1-7-3-4-9-6-8(2)11-10(9)5-7;1-6-5-11-9-3-2-7(10)4-8(6)9;1-6-4-7-2-3-8(10)5-9(7)11-6;1-6-2-3-9-7(4-6)8(10)5-11-9;1-6-4-7-2-3-8(10)5-9(7)11-6;1-6-3-4-8-5-7(2)11-9(8)10-6;1-5-4-6-2-3-7(9)10-8(6)11-5/h3-7H,1-2H3;2*3-6H,1-2H3;3*2-5,11H,1H3;2-5H,1H3;3-5H,1-2H3;2-4H,1H3. The van der Waals surface area contributed by atoms with Crippen LogP contribution < -0.4 is 0 Å². The van der Waals surface area contributed by atoms with E-state index in [4.69, 9.17) is 39.2 Å². The Hall–Kier alpha value is -9.02. The van der Waals surface area contributed by atoms with E-state index in [0.717, 1.165) is 95.3 Å². The number of rotatable bonds is 0. The fraction of sp³-hybridized carbons (Fsp3) is 0.155. The van der Waals surface area contributed by atoms with E-state index in [1.807, 2.05) is 126 Å². The quantitative estimate of drug-likeness (QED) is 0.132. The molecule has 7 nitrogen and oxygen atoms in total. The summed E-state index contributed by atoms with van der Waals surface area (Å²) in [7, 11) is 0. The van der Waals surface area contributed by atoms with Crippen LogP contribution in [0.3, 0.4) is 0 Å². The van der Waals surface area contributed by atoms with Crippen LogP contribution in [0.25, 0.3) is 95.2 Å². The highest BCUT2D eigenvalue weighted by molar-refractivity contribution is 7.19. The number of aromatic nitrogens is 6. The van der Waals surface area contributed by atoms with Gasteiger partial charge in [0.25, 0.3) is 0 Å². The average Bonchev–Trinajstić information content (AvgIpc) is 1.87. The van der Waals surface area contributed by atoms with Crippen molar-refractivity contribution >= 4 is 175 Å². The second-order valence-electron chi connectivity index (χ2n) is 24.6. The molecule has 0 unspecified atom stereocenters. The normalized spacial score (nSPS) is 10.7. The molecule has 0 saturated carbocycles. The number of benzene rings is 7. The molecule has 7 aromatic carbocycles. The van der Waals surface area contributed by atoms with Crippen molar-refractivity contribution in [2.24, 2.45) is 0 Å². The molecule has 18 rings (SSSR count). The van der Waals surface area contributed by atoms with E-state index < -0.39 is 5.95 Å². The molecule has 0 spiro atoms. The molecule has 100 heavy (non-hydrogen) atoms. The van der Waals surface area contributed by atoms with E-state index in [-0.39, 0.29) is 5.82 Å². The van der Waals surface area contributed by atoms with Gasteiger partial charge in [0.05, 0.1) is 10.5 Å². The van der Waals surface area contributed by atoms with Crippen LogP contribution in [0.15, 0.2) is 217 Å². The molecule has 0 atom stereocenters. The Morgan fingerprint density at radius 2 is 0.880 bits per heavy atom. The number of fused-ring (bicyclic) bond motifs is 9. The topological polar surface area (TPSA) is 99.2 Å². The predicted molar refractivity (Wildman–Crippen MR) is 432 cm³/mol. The van der Waals surface area contributed by atoms with Gasteiger partial charge in [-0.3, -0.25) is 4.98 Å². The van der Waals surface area contributed by atoms with Crippen LogP contribution in [0.1, 0.15) is 70.2 Å². The second kappa shape index (κ2) is 33.9. The minimum atomic E-state index is -0.403. The highest BCUT2D eigenvalue weighted by Gasteiger charge is 2.05. The van der Waals surface area contributed by atoms with Crippen LogP contribution in [0.2, 0.25) is 15.1 Å². The van der Waals surface area contributed by atoms with E-state index in [1.54, 1.807) is 34.8 Å². The zero-order chi connectivity index (χ0) is 71.3. The van der Waals surface area contributed by atoms with Crippen LogP contribution in [0.5, 0.6) is 0 Å². The molecule has 3 N–H and O–H groups in total. The van der Waals surface area contributed by atoms with Crippen LogP contribution in [0.4, 0.5) is 8.78 Å². The maximum Gasteiger partial charge on any atom is 0.214 e. The van der Waals surface area contributed by atoms with Crippen molar-refractivity contribution in [2.45, 2.75) is 90.0 Å². The number of aryl methyl sites for hydroxylation is 13. The van der Waals surface area contributed by atoms with Gasteiger partial charge in [0.15, 0.2) is 0 Å². The van der Waals surface area contributed by atoms with Crippen molar-refractivity contribution in [1.82, 2.24) is 29.9 Å². The van der Waals surface area contributed by atoms with Gasteiger partial charge < -0.3 is 19.4 Å². The first-order valence-corrected chi connectivity index (χ1v) is 36.7. The minimum absolute atomic E-state index is 0.153. The number of halogens is 5. The maximum atomic E-state index is 12.7. The number of pyridine rings is 3. The molecular weight excluding hydrogens is 1380 g/mol. The Morgan fingerprint density at radius 3 is 1.60 bits per heavy atom. The Morgan fingerprint density at radius 1 is 0.370 bits per heavy atom. The van der Waals surface area contributed by atoms with Crippen LogP contribution in [0, 0.1) is 102 Å². The Labute approximate surface area is 613 Å². The predicted octanol–water partition coefficient (Wildman–Crippen LogP) is 27.8. The van der Waals surface area contributed by atoms with Gasteiger partial charge in [-0.05, 0) is 262 Å². The molecule has 16 heteroatoms. The van der Waals surface area contributed by atoms with E-state index in [9.17, 15) is 8.78 Å². The largest absolute Gasteiger partial charge is 0.461 e. The summed E-state index contributed by atoms with van der Waals surface area (Å²) in [4.78, 5) is 29.1. The van der Waals surface area contributed by atoms with Gasteiger partial charge in [-0.2, -0.15) is 4.39 Å². The highest BCUT2D eigenvalue weighted by Crippen LogP contribution is 2.30. The van der Waals surface area contributed by atoms with Crippen LogP contribution in [-0.4, -0.2) is 29.9 Å². The van der Waals surface area contributed by atoms with Gasteiger partial charge >= 0.3 is 0 Å². The molecule has 0 amide bonds. The maximum absolute atomic E-state index is 12.7. The lowest BCUT2D eigenvalue weighted by Gasteiger charge is -1.99. The lowest BCUT2D eigenvalue weighted by Crippen LogP contribution is -1.82. The smallest absolute Gasteiger partial charge is 0.214 e. The van der Waals surface area contributed by atoms with Gasteiger partial charge in [0, 0.05) is 117 Å². The fourth-order valence-electron chi connectivity index (χ4n) is 10.9. The number of furan rings is 1. The number of nitrogens with zero attached hydrogens (tertiary/aromatic N) is 3. The minimum Gasteiger partial charge on any atom is -0.461 e. The van der Waals surface area contributed by atoms with Crippen LogP contribution >= 0.6 is 80.1 Å². The van der Waals surface area contributed by atoms with Gasteiger partial charge in [-0.15, -0.1) is 45.3 Å². The van der Waals surface area contributed by atoms with E-state index in [0.29, 0.717) is 0 Å². The summed E-state index contributed by atoms with van der Waals surface area (Å²) >= 11 is 24.3. The van der Waals surface area contributed by atoms with Gasteiger partial charge in [0.2, 0.25) is 5.95 Å². The summed E-state index contributed by atoms with van der Waals surface area (Å²) in [6, 6.07) is 66.0. The number of thiophene rings is 4. The molecule has 0 radical (unpaired) electrons. The number of nitrogens with one attached hydrogen (secondary N) is 3. The SMILES string of the molecule is Cc1c[nH]c2ccc(Cl)cc12.Cc1cc2ccc(Cl)cc2[nH]1.Cc1cc2ccc(F)cc2s1.Cc1cc2ccc(F)nc2s1.Cc1ccc2[nH]cc(Cl)c2c1.Cc1ccc2cc(C)oc2c1.Cc1ccc2cc(C)sc2c1.Cc1ccc2cc(C)sc2n1.Cc1ccc2nc(C)ccc2c1. The molecule has 11 aromatic heterocycles. The summed E-state index contributed by atoms with van der Waals surface area (Å²) in [6.07, 6.45) is 3.80. The summed E-state index contributed by atoms with van der Waals surface area (Å²) in [5.41, 5.74) is 15.1. The lowest BCUT2D eigenvalue weighted by atomic mass is 10.1. The third-order valence-corrected chi connectivity index (χ3v) is 20.4. The number of aromatic amines is 3. The van der Waals surface area contributed by atoms with Crippen molar-refractivity contribution in [2.75, 3.05) is 0 Å². The zero-order valence-electron chi connectivity index (χ0n) is 58.0. The molecule has 0 aliphatic carbocycles. The summed E-state index contributed by atoms with van der Waals surface area (Å²) in [5, 5.41) is 13.1. The molecule has 0 bridgehead atoms. The number of H-pyrrole nitrogens is 3. The molecule has 0 saturated heterocycles. The third kappa shape index (κ3) is 20.6. The second-order valence-corrected chi connectivity index (χ2v) is 30.9. The Kier molecular flexibility index (Phi) is 25.0. The molecular formula is C84H77Cl3F2N6OS4. The lowest BCUT2D eigenvalue weighted by molar-refractivity contribution is 0.578. The molecule has 0 aliphatic heterocycles. The van der Waals surface area contributed by atoms with Crippen molar-refractivity contribution in [3.8, 4) is 0 Å². The monoisotopic (exact) mass is 1460 g/mol. The van der Waals surface area contributed by atoms with Gasteiger partial charge in [0.1, 0.15) is 26.8 Å². The summed E-state index contributed by atoms with van der Waals surface area (Å²) < 4.78 is 33.1.